The van der Waals surface area contributed by atoms with Gasteiger partial charge in [0.15, 0.2) is 0 Å². The Kier molecular flexibility index (Phi) is 3.25. The van der Waals surface area contributed by atoms with Crippen molar-refractivity contribution in [2.24, 2.45) is 5.73 Å². The lowest BCUT2D eigenvalue weighted by molar-refractivity contribution is 0.120. The van der Waals surface area contributed by atoms with Crippen LogP contribution in [0.15, 0.2) is 18.2 Å². The van der Waals surface area contributed by atoms with E-state index in [4.69, 9.17) is 22.1 Å². The van der Waals surface area contributed by atoms with Crippen LogP contribution in [0.4, 0.5) is 0 Å². The molecule has 0 aliphatic heterocycles. The van der Waals surface area contributed by atoms with Crippen molar-refractivity contribution in [3.8, 4) is 5.75 Å². The van der Waals surface area contributed by atoms with E-state index < -0.39 is 0 Å². The summed E-state index contributed by atoms with van der Waals surface area (Å²) in [4.78, 5) is 0. The maximum atomic E-state index is 6.33. The molecule has 0 aromatic heterocycles. The first-order valence-corrected chi connectivity index (χ1v) is 7.28. The van der Waals surface area contributed by atoms with Gasteiger partial charge < -0.3 is 10.5 Å². The number of ether oxygens (including phenoxy) is 1. The van der Waals surface area contributed by atoms with E-state index in [1.165, 1.54) is 31.2 Å². The fourth-order valence-electron chi connectivity index (χ4n) is 2.81. The van der Waals surface area contributed by atoms with Crippen LogP contribution in [0.2, 0.25) is 5.02 Å². The Bertz CT molecular complexity index is 433. The van der Waals surface area contributed by atoms with Crippen LogP contribution in [0, 0.1) is 0 Å². The Morgan fingerprint density at radius 1 is 1.28 bits per heavy atom. The fraction of sp³-hybridized carbons (Fsp3) is 0.600. The second-order valence-electron chi connectivity index (χ2n) is 5.65. The van der Waals surface area contributed by atoms with Crippen molar-refractivity contribution in [2.75, 3.05) is 6.54 Å². The van der Waals surface area contributed by atoms with Crippen LogP contribution in [0.3, 0.4) is 0 Å². The number of rotatable bonds is 4. The molecule has 0 unspecified atom stereocenters. The molecule has 3 heteroatoms. The Balaban J connectivity index is 1.79. The van der Waals surface area contributed by atoms with E-state index in [0.29, 0.717) is 12.6 Å². The van der Waals surface area contributed by atoms with E-state index in [1.807, 2.05) is 6.07 Å². The highest BCUT2D eigenvalue weighted by Gasteiger charge is 2.37. The molecule has 0 amide bonds. The summed E-state index contributed by atoms with van der Waals surface area (Å²) in [5.74, 6) is 0.830. The summed E-state index contributed by atoms with van der Waals surface area (Å²) in [5, 5.41) is 0.735. The van der Waals surface area contributed by atoms with Crippen LogP contribution in [-0.4, -0.2) is 12.6 Å². The lowest BCUT2D eigenvalue weighted by atomic mass is 9.64. The Morgan fingerprint density at radius 3 is 2.50 bits per heavy atom. The zero-order chi connectivity index (χ0) is 12.6. The molecule has 2 N–H and O–H groups in total. The van der Waals surface area contributed by atoms with Crippen LogP contribution < -0.4 is 10.5 Å². The molecule has 98 valence electrons. The van der Waals surface area contributed by atoms with Gasteiger partial charge in [0.1, 0.15) is 5.75 Å². The summed E-state index contributed by atoms with van der Waals surface area (Å²) < 4.78 is 5.87. The molecule has 0 atom stereocenters. The molecule has 1 aromatic rings. The fourth-order valence-corrected chi connectivity index (χ4v) is 3.03. The highest BCUT2D eigenvalue weighted by Crippen LogP contribution is 2.44. The summed E-state index contributed by atoms with van der Waals surface area (Å²) in [6.45, 7) is 0.714. The van der Waals surface area contributed by atoms with Gasteiger partial charge in [-0.2, -0.15) is 0 Å². The maximum absolute atomic E-state index is 6.33. The average molecular weight is 266 g/mol. The van der Waals surface area contributed by atoms with Gasteiger partial charge in [0.2, 0.25) is 0 Å². The van der Waals surface area contributed by atoms with E-state index in [9.17, 15) is 0 Å². The van der Waals surface area contributed by atoms with E-state index in [2.05, 4.69) is 12.1 Å². The zero-order valence-electron chi connectivity index (χ0n) is 10.6. The van der Waals surface area contributed by atoms with Crippen LogP contribution in [-0.2, 0) is 5.41 Å². The zero-order valence-corrected chi connectivity index (χ0v) is 11.4. The Labute approximate surface area is 113 Å². The van der Waals surface area contributed by atoms with Gasteiger partial charge in [-0.1, -0.05) is 24.1 Å². The summed E-state index contributed by atoms with van der Waals surface area (Å²) in [5.41, 5.74) is 7.39. The third kappa shape index (κ3) is 2.02. The SMILES string of the molecule is NCC1(c2ccc(OC3CCC3)c(Cl)c2)CCC1. The molecular formula is C15H20ClNO. The number of nitrogens with two attached hydrogens (primary N) is 1. The standard InChI is InChI=1S/C15H20ClNO/c16-13-9-11(15(10-17)7-2-8-15)5-6-14(13)18-12-3-1-4-12/h5-6,9,12H,1-4,7-8,10,17H2. The number of hydrogen-bond donors (Lipinski definition) is 1. The highest BCUT2D eigenvalue weighted by atomic mass is 35.5. The van der Waals surface area contributed by atoms with Crippen molar-refractivity contribution >= 4 is 11.6 Å². The maximum Gasteiger partial charge on any atom is 0.138 e. The minimum absolute atomic E-state index is 0.179. The summed E-state index contributed by atoms with van der Waals surface area (Å²) in [6, 6.07) is 6.22. The number of halogens is 1. The van der Waals surface area contributed by atoms with Gasteiger partial charge in [-0.15, -0.1) is 0 Å². The smallest absolute Gasteiger partial charge is 0.138 e. The predicted molar refractivity (Wildman–Crippen MR) is 74.3 cm³/mol. The van der Waals surface area contributed by atoms with Crippen LogP contribution in [0.25, 0.3) is 0 Å². The van der Waals surface area contributed by atoms with Crippen LogP contribution >= 0.6 is 11.6 Å². The molecule has 2 aliphatic rings. The molecule has 0 spiro atoms. The molecular weight excluding hydrogens is 246 g/mol. The van der Waals surface area contributed by atoms with Gasteiger partial charge >= 0.3 is 0 Å². The van der Waals surface area contributed by atoms with E-state index in [1.54, 1.807) is 0 Å². The third-order valence-electron chi connectivity index (χ3n) is 4.59. The first-order chi connectivity index (χ1) is 8.73. The highest BCUT2D eigenvalue weighted by molar-refractivity contribution is 6.32. The van der Waals surface area contributed by atoms with Crippen molar-refractivity contribution in [1.29, 1.82) is 0 Å². The summed E-state index contributed by atoms with van der Waals surface area (Å²) >= 11 is 6.33. The number of hydrogen-bond acceptors (Lipinski definition) is 2. The minimum atomic E-state index is 0.179. The molecule has 18 heavy (non-hydrogen) atoms. The molecule has 0 radical (unpaired) electrons. The Morgan fingerprint density at radius 2 is 2.06 bits per heavy atom. The first-order valence-electron chi connectivity index (χ1n) is 6.90. The molecule has 1 aromatic carbocycles. The van der Waals surface area contributed by atoms with E-state index in [0.717, 1.165) is 23.6 Å². The Hall–Kier alpha value is -0.730. The summed E-state index contributed by atoms with van der Waals surface area (Å²) in [6.07, 6.45) is 7.60. The lowest BCUT2D eigenvalue weighted by Gasteiger charge is -2.41. The van der Waals surface area contributed by atoms with Crippen LogP contribution in [0.1, 0.15) is 44.1 Å². The predicted octanol–water partition coefficient (Wildman–Crippen LogP) is 3.65. The van der Waals surface area contributed by atoms with Gasteiger partial charge in [0, 0.05) is 12.0 Å². The van der Waals surface area contributed by atoms with Crippen molar-refractivity contribution in [3.63, 3.8) is 0 Å². The second-order valence-corrected chi connectivity index (χ2v) is 6.06. The average Bonchev–Trinajstić information content (AvgIpc) is 2.25. The molecule has 0 bridgehead atoms. The molecule has 2 nitrogen and oxygen atoms in total. The third-order valence-corrected chi connectivity index (χ3v) is 4.89. The second kappa shape index (κ2) is 4.75. The van der Waals surface area contributed by atoms with Gasteiger partial charge in [-0.05, 0) is 49.8 Å². The van der Waals surface area contributed by atoms with Gasteiger partial charge in [0.25, 0.3) is 0 Å². The normalized spacial score (nSPS) is 22.1. The van der Waals surface area contributed by atoms with Crippen molar-refractivity contribution in [3.05, 3.63) is 28.8 Å². The summed E-state index contributed by atoms with van der Waals surface area (Å²) in [7, 11) is 0. The van der Waals surface area contributed by atoms with E-state index >= 15 is 0 Å². The topological polar surface area (TPSA) is 35.2 Å². The van der Waals surface area contributed by atoms with Gasteiger partial charge in [-0.3, -0.25) is 0 Å². The minimum Gasteiger partial charge on any atom is -0.489 e. The molecule has 2 saturated carbocycles. The lowest BCUT2D eigenvalue weighted by Crippen LogP contribution is -2.41. The van der Waals surface area contributed by atoms with Crippen molar-refractivity contribution in [2.45, 2.75) is 50.0 Å². The monoisotopic (exact) mass is 265 g/mol. The molecule has 0 heterocycles. The van der Waals surface area contributed by atoms with Crippen molar-refractivity contribution in [1.82, 2.24) is 0 Å². The molecule has 3 rings (SSSR count). The van der Waals surface area contributed by atoms with Crippen molar-refractivity contribution < 1.29 is 4.74 Å². The first kappa shape index (κ1) is 12.3. The van der Waals surface area contributed by atoms with Crippen LogP contribution in [0.5, 0.6) is 5.75 Å². The molecule has 2 fully saturated rings. The van der Waals surface area contributed by atoms with Gasteiger partial charge in [-0.25, -0.2) is 0 Å². The largest absolute Gasteiger partial charge is 0.489 e. The molecule has 2 aliphatic carbocycles. The van der Waals surface area contributed by atoms with E-state index in [-0.39, 0.29) is 5.41 Å². The van der Waals surface area contributed by atoms with Gasteiger partial charge in [0.05, 0.1) is 11.1 Å². The number of benzene rings is 1. The molecule has 0 saturated heterocycles. The quantitative estimate of drug-likeness (QED) is 0.902.